The second-order valence-corrected chi connectivity index (χ2v) is 8.97. The third kappa shape index (κ3) is 1.67. The summed E-state index contributed by atoms with van der Waals surface area (Å²) in [6, 6.07) is 0. The van der Waals surface area contributed by atoms with E-state index in [0.29, 0.717) is 22.3 Å². The first-order chi connectivity index (χ1) is 13.4. The molecule has 4 aliphatic heterocycles. The molecule has 0 radical (unpaired) electrons. The third-order valence-corrected chi connectivity index (χ3v) is 7.66. The number of aliphatic hydroxyl groups excluding tert-OH is 2. The molecule has 2 saturated heterocycles. The van der Waals surface area contributed by atoms with E-state index in [0.717, 1.165) is 0 Å². The highest BCUT2D eigenvalue weighted by Crippen LogP contribution is 2.57. The van der Waals surface area contributed by atoms with E-state index in [1.54, 1.807) is 0 Å². The lowest BCUT2D eigenvalue weighted by Crippen LogP contribution is -2.62. The first kappa shape index (κ1) is 16.4. The Morgan fingerprint density at radius 1 is 0.643 bits per heavy atom. The number of ketones is 2. The topological polar surface area (TPSA) is 118 Å². The van der Waals surface area contributed by atoms with Gasteiger partial charge in [0.25, 0.3) is 0 Å². The van der Waals surface area contributed by atoms with Gasteiger partial charge in [-0.05, 0) is 25.0 Å². The van der Waals surface area contributed by atoms with Crippen LogP contribution in [0.1, 0.15) is 13.8 Å². The monoisotopic (exact) mass is 388 g/mol. The predicted octanol–water partition coefficient (Wildman–Crippen LogP) is -1.18. The molecule has 4 bridgehead atoms. The maximum Gasteiger partial charge on any atom is 0.190 e. The Morgan fingerprint density at radius 2 is 1.04 bits per heavy atom. The van der Waals surface area contributed by atoms with E-state index in [2.05, 4.69) is 0 Å². The molecule has 0 aromatic heterocycles. The van der Waals surface area contributed by atoms with Gasteiger partial charge in [0.2, 0.25) is 0 Å². The molecular formula is C20H20O8. The first-order valence-electron chi connectivity index (χ1n) is 9.94. The summed E-state index contributed by atoms with van der Waals surface area (Å²) in [5.74, 6) is -1.10. The largest absolute Gasteiger partial charge is 0.386 e. The van der Waals surface area contributed by atoms with Crippen LogP contribution in [0.5, 0.6) is 0 Å². The minimum atomic E-state index is -0.943. The number of hydrogen-bond donors (Lipinski definition) is 2. The molecule has 0 aromatic rings. The summed E-state index contributed by atoms with van der Waals surface area (Å²) < 4.78 is 23.4. The Kier molecular flexibility index (Phi) is 2.83. The van der Waals surface area contributed by atoms with E-state index in [1.807, 2.05) is 13.8 Å². The van der Waals surface area contributed by atoms with E-state index in [1.165, 1.54) is 0 Å². The van der Waals surface area contributed by atoms with Crippen molar-refractivity contribution in [2.45, 2.75) is 74.9 Å². The van der Waals surface area contributed by atoms with Crippen LogP contribution in [-0.4, -0.2) is 82.8 Å². The van der Waals surface area contributed by atoms with Gasteiger partial charge in [-0.2, -0.15) is 0 Å². The van der Waals surface area contributed by atoms with Crippen LogP contribution in [0.3, 0.4) is 0 Å². The predicted molar refractivity (Wildman–Crippen MR) is 89.1 cm³/mol. The summed E-state index contributed by atoms with van der Waals surface area (Å²) in [5, 5.41) is 21.8. The SMILES string of the molecule is C[C@H]1O[C@H]2C3=C(C(=O)[C@@H]4O[C@@H]4[C@H]3O)C1[C@H]1C3=C([C@H]2O[C@@H]1C)[C@H](O)[C@H]1O[C@H]1C3=O. The molecule has 7 rings (SSSR count). The van der Waals surface area contributed by atoms with Gasteiger partial charge in [-0.15, -0.1) is 0 Å². The molecule has 8 heteroatoms. The number of epoxide rings is 2. The first-order valence-corrected chi connectivity index (χ1v) is 9.94. The van der Waals surface area contributed by atoms with Gasteiger partial charge in [0.05, 0.1) is 12.2 Å². The number of hydrogen-bond acceptors (Lipinski definition) is 8. The van der Waals surface area contributed by atoms with Crippen LogP contribution in [0.15, 0.2) is 22.3 Å². The molecule has 0 aromatic carbocycles. The van der Waals surface area contributed by atoms with Crippen LogP contribution in [0, 0.1) is 11.8 Å². The Morgan fingerprint density at radius 3 is 1.43 bits per heavy atom. The smallest absolute Gasteiger partial charge is 0.190 e. The number of ether oxygens (including phenoxy) is 4. The lowest BCUT2D eigenvalue weighted by Gasteiger charge is -2.55. The standard InChI is InChI=1S/C20H20O8/c1-3-5-6-4(2)26-16(10-8(6)12(22)18-20(28-18)14(10)24)15(25-3)9-7(5)11(21)17-19(27-17)13(9)23/h3-6,13-20,23-24H,1-2H3/t3-,4-,5+,6?,13+,14+,15-,16+,17+,18+,19-,20-/m1/s1. The summed E-state index contributed by atoms with van der Waals surface area (Å²) in [6.07, 6.45) is -6.30. The van der Waals surface area contributed by atoms with Gasteiger partial charge in [0, 0.05) is 23.0 Å². The molecule has 3 aliphatic carbocycles. The normalized spacial score (nSPS) is 58.0. The van der Waals surface area contributed by atoms with Gasteiger partial charge in [-0.25, -0.2) is 0 Å². The lowest BCUT2D eigenvalue weighted by molar-refractivity contribution is -0.177. The molecule has 4 heterocycles. The van der Waals surface area contributed by atoms with E-state index in [-0.39, 0.29) is 23.8 Å². The summed E-state index contributed by atoms with van der Waals surface area (Å²) >= 11 is 0. The van der Waals surface area contributed by atoms with E-state index < -0.39 is 60.7 Å². The number of carbonyl (C=O) groups excluding carboxylic acids is 2. The average molecular weight is 388 g/mol. The zero-order valence-electron chi connectivity index (χ0n) is 15.3. The minimum absolute atomic E-state index is 0.110. The number of aliphatic hydroxyl groups is 2. The minimum Gasteiger partial charge on any atom is -0.386 e. The summed E-state index contributed by atoms with van der Waals surface area (Å²) in [6.45, 7) is 3.80. The van der Waals surface area contributed by atoms with Crippen LogP contribution in [0.2, 0.25) is 0 Å². The molecule has 28 heavy (non-hydrogen) atoms. The molecule has 12 atom stereocenters. The van der Waals surface area contributed by atoms with E-state index in [4.69, 9.17) is 18.9 Å². The third-order valence-electron chi connectivity index (χ3n) is 7.66. The van der Waals surface area contributed by atoms with Crippen LogP contribution in [0.25, 0.3) is 0 Å². The molecule has 2 N–H and O–H groups in total. The lowest BCUT2D eigenvalue weighted by atomic mass is 9.60. The number of fused-ring (bicyclic) bond motifs is 4. The molecule has 148 valence electrons. The van der Waals surface area contributed by atoms with Crippen molar-refractivity contribution in [2.24, 2.45) is 11.8 Å². The van der Waals surface area contributed by atoms with Crippen molar-refractivity contribution in [2.75, 3.05) is 0 Å². The second-order valence-electron chi connectivity index (χ2n) is 8.97. The summed E-state index contributed by atoms with van der Waals surface area (Å²) in [4.78, 5) is 26.3. The summed E-state index contributed by atoms with van der Waals surface area (Å²) in [7, 11) is 0. The van der Waals surface area contributed by atoms with Crippen molar-refractivity contribution in [1.82, 2.24) is 0 Å². The number of Topliss-reactive ketones (excluding diaryl/α,β-unsaturated/α-hetero) is 2. The maximum atomic E-state index is 13.1. The van der Waals surface area contributed by atoms with Crippen LogP contribution in [-0.2, 0) is 28.5 Å². The average Bonchev–Trinajstić information content (AvgIpc) is 3.53. The van der Waals surface area contributed by atoms with Crippen molar-refractivity contribution in [3.8, 4) is 0 Å². The fourth-order valence-electron chi connectivity index (χ4n) is 6.43. The molecule has 0 spiro atoms. The van der Waals surface area contributed by atoms with Crippen LogP contribution >= 0.6 is 0 Å². The van der Waals surface area contributed by atoms with Gasteiger partial charge < -0.3 is 29.2 Å². The van der Waals surface area contributed by atoms with Crippen molar-refractivity contribution in [3.05, 3.63) is 22.3 Å². The second kappa shape index (κ2) is 4.83. The molecule has 0 saturated carbocycles. The highest BCUT2D eigenvalue weighted by Gasteiger charge is 2.68. The Balaban J connectivity index is 1.50. The quantitative estimate of drug-likeness (QED) is 0.498. The van der Waals surface area contributed by atoms with Gasteiger partial charge >= 0.3 is 0 Å². The van der Waals surface area contributed by atoms with Crippen LogP contribution in [0.4, 0.5) is 0 Å². The fraction of sp³-hybridized carbons (Fsp3) is 0.700. The molecular weight excluding hydrogens is 368 g/mol. The Labute approximate surface area is 160 Å². The molecule has 7 aliphatic rings. The molecule has 1 unspecified atom stereocenters. The molecule has 8 nitrogen and oxygen atoms in total. The van der Waals surface area contributed by atoms with Crippen LogP contribution < -0.4 is 0 Å². The number of carbonyl (C=O) groups is 2. The fourth-order valence-corrected chi connectivity index (χ4v) is 6.43. The molecule has 0 amide bonds. The Bertz CT molecular complexity index is 845. The van der Waals surface area contributed by atoms with Gasteiger partial charge in [-0.1, -0.05) is 0 Å². The van der Waals surface area contributed by atoms with E-state index >= 15 is 0 Å². The zero-order chi connectivity index (χ0) is 19.2. The Hall–Kier alpha value is -1.42. The summed E-state index contributed by atoms with van der Waals surface area (Å²) in [5.41, 5.74) is 2.12. The van der Waals surface area contributed by atoms with Crippen molar-refractivity contribution < 1.29 is 38.7 Å². The van der Waals surface area contributed by atoms with Gasteiger partial charge in [0.15, 0.2) is 11.6 Å². The van der Waals surface area contributed by atoms with Crippen molar-refractivity contribution in [1.29, 1.82) is 0 Å². The highest BCUT2D eigenvalue weighted by atomic mass is 16.6. The molecule has 2 fully saturated rings. The maximum absolute atomic E-state index is 13.1. The zero-order valence-corrected chi connectivity index (χ0v) is 15.3. The van der Waals surface area contributed by atoms with Crippen molar-refractivity contribution in [3.63, 3.8) is 0 Å². The highest BCUT2D eigenvalue weighted by molar-refractivity contribution is 6.07. The van der Waals surface area contributed by atoms with Gasteiger partial charge in [-0.3, -0.25) is 9.59 Å². The number of rotatable bonds is 0. The van der Waals surface area contributed by atoms with Gasteiger partial charge in [0.1, 0.15) is 48.8 Å². The van der Waals surface area contributed by atoms with Crippen molar-refractivity contribution >= 4 is 11.6 Å². The van der Waals surface area contributed by atoms with E-state index in [9.17, 15) is 19.8 Å².